The van der Waals surface area contributed by atoms with E-state index in [0.29, 0.717) is 17.1 Å². The molecule has 168 valence electrons. The molecule has 0 fully saturated rings. The normalized spacial score (nSPS) is 8.90. The number of nitrogens with zero attached hydrogens (tertiary/aromatic N) is 3. The standard InChI is InChI=1S/C18H17N5O2.3C2H6/c1-11-5-6-15(25-2)13(8-11)23-18(24)16-17(19)21-10-14(22-16)12-4-3-7-20-9-12;3*1-2/h3-10H,1-2H3,(H2,19,21)(H,23,24);3*1-2H3. The molecule has 0 aliphatic carbocycles. The lowest BCUT2D eigenvalue weighted by Gasteiger charge is -2.12. The Morgan fingerprint density at radius 2 is 1.71 bits per heavy atom. The Balaban J connectivity index is 0.00000138. The fourth-order valence-electron chi connectivity index (χ4n) is 2.32. The van der Waals surface area contributed by atoms with E-state index < -0.39 is 5.91 Å². The zero-order chi connectivity index (χ0) is 23.8. The predicted octanol–water partition coefficient (Wildman–Crippen LogP) is 5.77. The van der Waals surface area contributed by atoms with E-state index in [1.54, 1.807) is 24.5 Å². The molecule has 1 aromatic carbocycles. The summed E-state index contributed by atoms with van der Waals surface area (Å²) in [5.41, 5.74) is 8.68. The van der Waals surface area contributed by atoms with E-state index in [4.69, 9.17) is 10.5 Å². The van der Waals surface area contributed by atoms with Crippen LogP contribution in [-0.2, 0) is 0 Å². The number of ether oxygens (including phenoxy) is 1. The SMILES string of the molecule is CC.CC.CC.COc1ccc(C)cc1NC(=O)c1nc(-c2cccnc2)cnc1N. The van der Waals surface area contributed by atoms with Crippen molar-refractivity contribution in [3.8, 4) is 17.0 Å². The maximum Gasteiger partial charge on any atom is 0.278 e. The van der Waals surface area contributed by atoms with Crippen molar-refractivity contribution in [2.45, 2.75) is 48.5 Å². The van der Waals surface area contributed by atoms with Gasteiger partial charge >= 0.3 is 0 Å². The molecule has 2 heterocycles. The van der Waals surface area contributed by atoms with Crippen molar-refractivity contribution in [3.63, 3.8) is 0 Å². The topological polar surface area (TPSA) is 103 Å². The fraction of sp³-hybridized carbons (Fsp3) is 0.333. The van der Waals surface area contributed by atoms with Crippen LogP contribution in [0.25, 0.3) is 11.3 Å². The van der Waals surface area contributed by atoms with Gasteiger partial charge in [-0.15, -0.1) is 0 Å². The number of nitrogens with two attached hydrogens (primary N) is 1. The molecule has 3 rings (SSSR count). The molecule has 0 radical (unpaired) electrons. The Kier molecular flexibility index (Phi) is 13.6. The van der Waals surface area contributed by atoms with E-state index in [9.17, 15) is 4.79 Å². The molecular weight excluding hydrogens is 390 g/mol. The minimum atomic E-state index is -0.459. The average Bonchev–Trinajstić information content (AvgIpc) is 2.84. The number of hydrogen-bond acceptors (Lipinski definition) is 6. The first kappa shape index (κ1) is 27.5. The highest BCUT2D eigenvalue weighted by Crippen LogP contribution is 2.26. The van der Waals surface area contributed by atoms with Crippen LogP contribution >= 0.6 is 0 Å². The fourth-order valence-corrected chi connectivity index (χ4v) is 2.32. The summed E-state index contributed by atoms with van der Waals surface area (Å²) >= 11 is 0. The first-order chi connectivity index (χ1) is 15.1. The van der Waals surface area contributed by atoms with Crippen LogP contribution in [0.3, 0.4) is 0 Å². The van der Waals surface area contributed by atoms with Gasteiger partial charge in [0.25, 0.3) is 5.91 Å². The summed E-state index contributed by atoms with van der Waals surface area (Å²) in [7, 11) is 1.54. The molecule has 0 atom stereocenters. The molecule has 3 N–H and O–H groups in total. The molecule has 0 aliphatic heterocycles. The number of anilines is 2. The molecule has 31 heavy (non-hydrogen) atoms. The maximum absolute atomic E-state index is 12.6. The number of aryl methyl sites for hydroxylation is 1. The number of methoxy groups -OCH3 is 1. The van der Waals surface area contributed by atoms with Crippen molar-refractivity contribution in [1.82, 2.24) is 15.0 Å². The van der Waals surface area contributed by atoms with Crippen molar-refractivity contribution in [2.24, 2.45) is 0 Å². The van der Waals surface area contributed by atoms with Gasteiger partial charge in [0.05, 0.1) is 24.7 Å². The molecule has 0 spiro atoms. The number of benzene rings is 1. The largest absolute Gasteiger partial charge is 0.495 e. The van der Waals surface area contributed by atoms with Gasteiger partial charge in [0.15, 0.2) is 11.5 Å². The second-order valence-corrected chi connectivity index (χ2v) is 5.39. The van der Waals surface area contributed by atoms with Crippen LogP contribution in [0.5, 0.6) is 5.75 Å². The first-order valence-corrected chi connectivity index (χ1v) is 10.6. The summed E-state index contributed by atoms with van der Waals surface area (Å²) in [6, 6.07) is 9.10. The lowest BCUT2D eigenvalue weighted by Crippen LogP contribution is -2.17. The van der Waals surface area contributed by atoms with E-state index in [2.05, 4.69) is 20.3 Å². The minimum Gasteiger partial charge on any atom is -0.495 e. The first-order valence-electron chi connectivity index (χ1n) is 10.6. The van der Waals surface area contributed by atoms with E-state index in [1.165, 1.54) is 13.3 Å². The monoisotopic (exact) mass is 425 g/mol. The van der Waals surface area contributed by atoms with Gasteiger partial charge in [-0.05, 0) is 36.8 Å². The predicted molar refractivity (Wildman–Crippen MR) is 129 cm³/mol. The number of amides is 1. The minimum absolute atomic E-state index is 0.0462. The molecule has 0 saturated heterocycles. The molecule has 2 aromatic heterocycles. The van der Waals surface area contributed by atoms with Crippen molar-refractivity contribution in [1.29, 1.82) is 0 Å². The second-order valence-electron chi connectivity index (χ2n) is 5.39. The lowest BCUT2D eigenvalue weighted by molar-refractivity contribution is 0.102. The molecule has 7 nitrogen and oxygen atoms in total. The van der Waals surface area contributed by atoms with Crippen molar-refractivity contribution < 1.29 is 9.53 Å². The number of nitrogen functional groups attached to an aromatic ring is 1. The molecule has 1 amide bonds. The second kappa shape index (κ2) is 15.4. The van der Waals surface area contributed by atoms with Crippen LogP contribution in [0, 0.1) is 6.92 Å². The van der Waals surface area contributed by atoms with Crippen LogP contribution < -0.4 is 15.8 Å². The molecule has 7 heteroatoms. The van der Waals surface area contributed by atoms with Crippen LogP contribution in [-0.4, -0.2) is 28.0 Å². The summed E-state index contributed by atoms with van der Waals surface area (Å²) in [5.74, 6) is 0.144. The quantitative estimate of drug-likeness (QED) is 0.550. The number of pyridine rings is 1. The summed E-state index contributed by atoms with van der Waals surface area (Å²) < 4.78 is 5.27. The Bertz CT molecular complexity index is 915. The van der Waals surface area contributed by atoms with Crippen LogP contribution in [0.15, 0.2) is 48.9 Å². The number of rotatable bonds is 4. The van der Waals surface area contributed by atoms with Crippen LogP contribution in [0.2, 0.25) is 0 Å². The zero-order valence-corrected chi connectivity index (χ0v) is 19.9. The van der Waals surface area contributed by atoms with E-state index >= 15 is 0 Å². The Morgan fingerprint density at radius 1 is 1.03 bits per heavy atom. The summed E-state index contributed by atoms with van der Waals surface area (Å²) in [5, 5.41) is 2.78. The van der Waals surface area contributed by atoms with E-state index in [-0.39, 0.29) is 11.5 Å². The van der Waals surface area contributed by atoms with Gasteiger partial charge in [0.2, 0.25) is 0 Å². The van der Waals surface area contributed by atoms with E-state index in [0.717, 1.165) is 11.1 Å². The molecule has 3 aromatic rings. The Hall–Kier alpha value is -3.48. The third-order valence-electron chi connectivity index (χ3n) is 3.58. The number of nitrogens with one attached hydrogen (secondary N) is 1. The number of carbonyl (C=O) groups is 1. The third kappa shape index (κ3) is 8.04. The van der Waals surface area contributed by atoms with Gasteiger partial charge in [-0.25, -0.2) is 9.97 Å². The van der Waals surface area contributed by atoms with E-state index in [1.807, 2.05) is 66.7 Å². The van der Waals surface area contributed by atoms with Crippen LogP contribution in [0.1, 0.15) is 57.6 Å². The lowest BCUT2D eigenvalue weighted by atomic mass is 10.2. The van der Waals surface area contributed by atoms with Crippen molar-refractivity contribution >= 4 is 17.4 Å². The van der Waals surface area contributed by atoms with Crippen molar-refractivity contribution in [2.75, 3.05) is 18.2 Å². The Labute approximate surface area is 186 Å². The molecule has 0 unspecified atom stereocenters. The highest BCUT2D eigenvalue weighted by molar-refractivity contribution is 6.06. The van der Waals surface area contributed by atoms with Gasteiger partial charge in [0, 0.05) is 18.0 Å². The highest BCUT2D eigenvalue weighted by atomic mass is 16.5. The van der Waals surface area contributed by atoms with Gasteiger partial charge < -0.3 is 15.8 Å². The maximum atomic E-state index is 12.6. The van der Waals surface area contributed by atoms with Gasteiger partial charge in [-0.2, -0.15) is 0 Å². The number of aromatic nitrogens is 3. The summed E-state index contributed by atoms with van der Waals surface area (Å²) in [6.07, 6.45) is 4.81. The number of carbonyl (C=O) groups excluding carboxylic acids is 1. The molecule has 0 bridgehead atoms. The molecular formula is C24H35N5O2. The number of hydrogen-bond donors (Lipinski definition) is 2. The summed E-state index contributed by atoms with van der Waals surface area (Å²) in [4.78, 5) is 25.1. The van der Waals surface area contributed by atoms with Crippen LogP contribution in [0.4, 0.5) is 11.5 Å². The average molecular weight is 426 g/mol. The highest BCUT2D eigenvalue weighted by Gasteiger charge is 2.17. The smallest absolute Gasteiger partial charge is 0.278 e. The molecule has 0 saturated carbocycles. The van der Waals surface area contributed by atoms with Crippen molar-refractivity contribution in [3.05, 3.63) is 60.2 Å². The molecule has 0 aliphatic rings. The third-order valence-corrected chi connectivity index (χ3v) is 3.58. The summed E-state index contributed by atoms with van der Waals surface area (Å²) in [6.45, 7) is 13.9. The Morgan fingerprint density at radius 3 is 2.29 bits per heavy atom. The van der Waals surface area contributed by atoms with Gasteiger partial charge in [-0.3, -0.25) is 9.78 Å². The zero-order valence-electron chi connectivity index (χ0n) is 19.9. The van der Waals surface area contributed by atoms with Gasteiger partial charge in [0.1, 0.15) is 5.75 Å². The van der Waals surface area contributed by atoms with Gasteiger partial charge in [-0.1, -0.05) is 47.6 Å².